The van der Waals surface area contributed by atoms with E-state index in [1.807, 2.05) is 30.3 Å². The van der Waals surface area contributed by atoms with Gasteiger partial charge in [-0.2, -0.15) is 5.26 Å². The Morgan fingerprint density at radius 1 is 1.19 bits per heavy atom. The molecule has 0 saturated heterocycles. The predicted octanol–water partition coefficient (Wildman–Crippen LogP) is 4.08. The Hall–Kier alpha value is -2.91. The van der Waals surface area contributed by atoms with Gasteiger partial charge in [-0.1, -0.05) is 36.8 Å². The molecule has 1 aliphatic carbocycles. The molecular formula is C21H20N2O3S. The summed E-state index contributed by atoms with van der Waals surface area (Å²) in [6, 6.07) is 11.6. The summed E-state index contributed by atoms with van der Waals surface area (Å²) in [6.07, 6.45) is 8.09. The van der Waals surface area contributed by atoms with Crippen LogP contribution in [0.25, 0.3) is 6.08 Å². The van der Waals surface area contributed by atoms with Crippen LogP contribution in [0.4, 0.5) is 5.00 Å². The van der Waals surface area contributed by atoms with Gasteiger partial charge in [0.2, 0.25) is 0 Å². The molecule has 27 heavy (non-hydrogen) atoms. The Kier molecular flexibility index (Phi) is 6.39. The summed E-state index contributed by atoms with van der Waals surface area (Å²) < 4.78 is 4.98. The number of carbonyl (C=O) groups excluding carboxylic acids is 2. The maximum atomic E-state index is 12.1. The van der Waals surface area contributed by atoms with E-state index in [1.165, 1.54) is 28.7 Å². The number of benzene rings is 1. The van der Waals surface area contributed by atoms with Crippen molar-refractivity contribution in [1.29, 1.82) is 5.26 Å². The summed E-state index contributed by atoms with van der Waals surface area (Å²) >= 11 is 1.46. The summed E-state index contributed by atoms with van der Waals surface area (Å²) in [4.78, 5) is 25.1. The number of aryl methyl sites for hydroxylation is 1. The van der Waals surface area contributed by atoms with Crippen molar-refractivity contribution < 1.29 is 14.3 Å². The highest BCUT2D eigenvalue weighted by atomic mass is 32.1. The highest BCUT2D eigenvalue weighted by molar-refractivity contribution is 7.16. The molecule has 1 N–H and O–H groups in total. The fourth-order valence-corrected chi connectivity index (χ4v) is 4.28. The Morgan fingerprint density at radius 2 is 1.96 bits per heavy atom. The van der Waals surface area contributed by atoms with Gasteiger partial charge in [-0.25, -0.2) is 4.79 Å². The molecule has 5 nitrogen and oxygen atoms in total. The molecule has 0 unspecified atom stereocenters. The molecule has 0 saturated carbocycles. The molecule has 138 valence electrons. The minimum absolute atomic E-state index is 0.384. The number of esters is 1. The third kappa shape index (κ3) is 5.05. The monoisotopic (exact) mass is 380 g/mol. The van der Waals surface area contributed by atoms with Crippen molar-refractivity contribution >= 4 is 34.3 Å². The van der Waals surface area contributed by atoms with Gasteiger partial charge in [0.25, 0.3) is 5.91 Å². The summed E-state index contributed by atoms with van der Waals surface area (Å²) in [5.74, 6) is -1.03. The standard InChI is InChI=1S/C21H20N2O3S/c22-13-17-16-9-5-2-6-10-18(16)27-21(17)23-19(24)14-26-20(25)12-11-15-7-3-1-4-8-15/h1,3-4,7-8,11-12H,2,5-6,9-10,14H2,(H,23,24). The van der Waals surface area contributed by atoms with Gasteiger partial charge in [0.15, 0.2) is 6.61 Å². The van der Waals surface area contributed by atoms with E-state index in [0.29, 0.717) is 10.6 Å². The lowest BCUT2D eigenvalue weighted by atomic mass is 10.1. The molecule has 0 bridgehead atoms. The van der Waals surface area contributed by atoms with Crippen molar-refractivity contribution in [2.45, 2.75) is 32.1 Å². The number of anilines is 1. The van der Waals surface area contributed by atoms with E-state index in [2.05, 4.69) is 11.4 Å². The molecule has 6 heteroatoms. The van der Waals surface area contributed by atoms with Gasteiger partial charge >= 0.3 is 5.97 Å². The maximum Gasteiger partial charge on any atom is 0.331 e. The molecular weight excluding hydrogens is 360 g/mol. The van der Waals surface area contributed by atoms with Crippen molar-refractivity contribution in [3.05, 3.63) is 58.0 Å². The number of nitrogens with one attached hydrogen (secondary N) is 1. The van der Waals surface area contributed by atoms with Crippen LogP contribution in [0.3, 0.4) is 0 Å². The molecule has 2 aromatic rings. The lowest BCUT2D eigenvalue weighted by Gasteiger charge is -2.04. The van der Waals surface area contributed by atoms with Gasteiger partial charge in [0.1, 0.15) is 11.1 Å². The first kappa shape index (κ1) is 18.9. The summed E-state index contributed by atoms with van der Waals surface area (Å²) in [5, 5.41) is 12.8. The Bertz CT molecular complexity index is 894. The molecule has 0 radical (unpaired) electrons. The zero-order chi connectivity index (χ0) is 19.1. The zero-order valence-corrected chi connectivity index (χ0v) is 15.7. The van der Waals surface area contributed by atoms with Gasteiger partial charge < -0.3 is 10.1 Å². The van der Waals surface area contributed by atoms with Gasteiger partial charge in [0.05, 0.1) is 5.56 Å². The van der Waals surface area contributed by atoms with Crippen LogP contribution in [-0.2, 0) is 27.2 Å². The number of rotatable bonds is 5. The van der Waals surface area contributed by atoms with Gasteiger partial charge in [0, 0.05) is 11.0 Å². The van der Waals surface area contributed by atoms with Crippen LogP contribution in [0.2, 0.25) is 0 Å². The number of amides is 1. The average molecular weight is 380 g/mol. The molecule has 0 aliphatic heterocycles. The second-order valence-electron chi connectivity index (χ2n) is 6.28. The summed E-state index contributed by atoms with van der Waals surface area (Å²) in [6.45, 7) is -0.384. The Balaban J connectivity index is 1.56. The zero-order valence-electron chi connectivity index (χ0n) is 14.9. The van der Waals surface area contributed by atoms with Crippen LogP contribution in [0.5, 0.6) is 0 Å². The topological polar surface area (TPSA) is 79.2 Å². The summed E-state index contributed by atoms with van der Waals surface area (Å²) in [5.41, 5.74) is 2.50. The highest BCUT2D eigenvalue weighted by Gasteiger charge is 2.21. The van der Waals surface area contributed by atoms with E-state index >= 15 is 0 Å². The molecule has 0 fully saturated rings. The van der Waals surface area contributed by atoms with Crippen molar-refractivity contribution in [3.63, 3.8) is 0 Å². The largest absolute Gasteiger partial charge is 0.452 e. The Morgan fingerprint density at radius 3 is 2.74 bits per heavy atom. The van der Waals surface area contributed by atoms with E-state index in [-0.39, 0.29) is 6.61 Å². The van der Waals surface area contributed by atoms with Crippen LogP contribution in [0.15, 0.2) is 36.4 Å². The van der Waals surface area contributed by atoms with Crippen LogP contribution in [0, 0.1) is 11.3 Å². The van der Waals surface area contributed by atoms with Gasteiger partial charge in [-0.05, 0) is 42.9 Å². The minimum atomic E-state index is -0.587. The second kappa shape index (κ2) is 9.15. The quantitative estimate of drug-likeness (QED) is 0.481. The lowest BCUT2D eigenvalue weighted by molar-refractivity contribution is -0.142. The predicted molar refractivity (Wildman–Crippen MR) is 105 cm³/mol. The van der Waals surface area contributed by atoms with E-state index < -0.39 is 11.9 Å². The molecule has 0 spiro atoms. The number of hydrogen-bond acceptors (Lipinski definition) is 5. The number of nitrogens with zero attached hydrogens (tertiary/aromatic N) is 1. The number of nitriles is 1. The highest BCUT2D eigenvalue weighted by Crippen LogP contribution is 2.36. The fourth-order valence-electron chi connectivity index (χ4n) is 3.02. The third-order valence-electron chi connectivity index (χ3n) is 4.34. The van der Waals surface area contributed by atoms with E-state index in [4.69, 9.17) is 4.74 Å². The SMILES string of the molecule is N#Cc1c(NC(=O)COC(=O)C=Cc2ccccc2)sc2c1CCCCC2. The second-order valence-corrected chi connectivity index (χ2v) is 7.39. The maximum absolute atomic E-state index is 12.1. The van der Waals surface area contributed by atoms with E-state index in [0.717, 1.165) is 36.8 Å². The first-order valence-corrected chi connectivity index (χ1v) is 9.73. The number of ether oxygens (including phenoxy) is 1. The van der Waals surface area contributed by atoms with Crippen molar-refractivity contribution in [3.8, 4) is 6.07 Å². The third-order valence-corrected chi connectivity index (χ3v) is 5.55. The fraction of sp³-hybridized carbons (Fsp3) is 0.286. The van der Waals surface area contributed by atoms with Crippen molar-refractivity contribution in [2.75, 3.05) is 11.9 Å². The van der Waals surface area contributed by atoms with Crippen LogP contribution in [0.1, 0.15) is 40.8 Å². The average Bonchev–Trinajstić information content (AvgIpc) is 2.84. The van der Waals surface area contributed by atoms with E-state index in [1.54, 1.807) is 6.08 Å². The first-order chi connectivity index (χ1) is 13.2. The molecule has 1 aliphatic rings. The van der Waals surface area contributed by atoms with Crippen LogP contribution >= 0.6 is 11.3 Å². The van der Waals surface area contributed by atoms with Crippen LogP contribution < -0.4 is 5.32 Å². The smallest absolute Gasteiger partial charge is 0.331 e. The van der Waals surface area contributed by atoms with Gasteiger partial charge in [-0.3, -0.25) is 4.79 Å². The molecule has 0 atom stereocenters. The number of thiophene rings is 1. The number of fused-ring (bicyclic) bond motifs is 1. The Labute approximate surface area is 162 Å². The summed E-state index contributed by atoms with van der Waals surface area (Å²) in [7, 11) is 0. The molecule has 1 amide bonds. The number of carbonyl (C=O) groups is 2. The molecule has 3 rings (SSSR count). The minimum Gasteiger partial charge on any atom is -0.452 e. The van der Waals surface area contributed by atoms with Crippen LogP contribution in [-0.4, -0.2) is 18.5 Å². The first-order valence-electron chi connectivity index (χ1n) is 8.91. The number of hydrogen-bond donors (Lipinski definition) is 1. The normalized spacial score (nSPS) is 13.4. The molecule has 1 aromatic heterocycles. The van der Waals surface area contributed by atoms with Crippen molar-refractivity contribution in [1.82, 2.24) is 0 Å². The molecule has 1 aromatic carbocycles. The lowest BCUT2D eigenvalue weighted by Crippen LogP contribution is -2.20. The van der Waals surface area contributed by atoms with Gasteiger partial charge in [-0.15, -0.1) is 11.3 Å². The van der Waals surface area contributed by atoms with Crippen molar-refractivity contribution in [2.24, 2.45) is 0 Å². The van der Waals surface area contributed by atoms with E-state index in [9.17, 15) is 14.9 Å². The molecule has 1 heterocycles.